The van der Waals surface area contributed by atoms with Crippen LogP contribution >= 0.6 is 11.3 Å². The molecule has 74 valence electrons. The lowest BCUT2D eigenvalue weighted by molar-refractivity contribution is 0.464. The summed E-state index contributed by atoms with van der Waals surface area (Å²) in [5, 5.41) is 3.09. The Bertz CT molecular complexity index is 394. The minimum atomic E-state index is -0.0875. The lowest BCUT2D eigenvalue weighted by Gasteiger charge is -2.05. The van der Waals surface area contributed by atoms with Gasteiger partial charge in [-0.1, -0.05) is 0 Å². The van der Waals surface area contributed by atoms with Crippen LogP contribution in [0.3, 0.4) is 0 Å². The van der Waals surface area contributed by atoms with Crippen molar-refractivity contribution in [2.24, 2.45) is 5.73 Å². The molecule has 1 unspecified atom stereocenters. The molecule has 0 aliphatic carbocycles. The van der Waals surface area contributed by atoms with Crippen LogP contribution in [0.4, 0.5) is 0 Å². The van der Waals surface area contributed by atoms with E-state index in [1.807, 2.05) is 24.4 Å². The minimum absolute atomic E-state index is 0.0875. The highest BCUT2D eigenvalue weighted by molar-refractivity contribution is 7.09. The summed E-state index contributed by atoms with van der Waals surface area (Å²) in [4.78, 5) is 4.36. The number of hydrogen-bond donors (Lipinski definition) is 1. The first-order valence-electron chi connectivity index (χ1n) is 4.45. The third kappa shape index (κ3) is 2.02. The summed E-state index contributed by atoms with van der Waals surface area (Å²) in [5.74, 6) is 0.817. The molecular formula is C10H12N2OS. The highest BCUT2D eigenvalue weighted by Crippen LogP contribution is 2.18. The van der Waals surface area contributed by atoms with E-state index in [0.29, 0.717) is 0 Å². The lowest BCUT2D eigenvalue weighted by atomic mass is 10.2. The molecule has 2 aromatic rings. The van der Waals surface area contributed by atoms with Crippen molar-refractivity contribution in [3.8, 4) is 0 Å². The van der Waals surface area contributed by atoms with Crippen LogP contribution in [-0.4, -0.2) is 4.98 Å². The van der Waals surface area contributed by atoms with Gasteiger partial charge in [-0.3, -0.25) is 0 Å². The Kier molecular flexibility index (Phi) is 2.65. The maximum absolute atomic E-state index is 5.95. The Morgan fingerprint density at radius 2 is 2.50 bits per heavy atom. The number of hydrogen-bond acceptors (Lipinski definition) is 4. The van der Waals surface area contributed by atoms with Gasteiger partial charge in [0.05, 0.1) is 17.3 Å². The van der Waals surface area contributed by atoms with Crippen LogP contribution in [0.1, 0.15) is 22.5 Å². The van der Waals surface area contributed by atoms with Crippen molar-refractivity contribution in [1.29, 1.82) is 0 Å². The van der Waals surface area contributed by atoms with Crippen LogP contribution < -0.4 is 5.73 Å². The fourth-order valence-corrected chi connectivity index (χ4v) is 2.12. The summed E-state index contributed by atoms with van der Waals surface area (Å²) in [5.41, 5.74) is 7.01. The smallest absolute Gasteiger partial charge is 0.120 e. The first-order chi connectivity index (χ1) is 6.75. The van der Waals surface area contributed by atoms with E-state index in [1.54, 1.807) is 17.6 Å². The van der Waals surface area contributed by atoms with Gasteiger partial charge in [0, 0.05) is 17.5 Å². The van der Waals surface area contributed by atoms with E-state index < -0.39 is 0 Å². The lowest BCUT2D eigenvalue weighted by Crippen LogP contribution is -2.12. The van der Waals surface area contributed by atoms with Crippen LogP contribution in [0.2, 0.25) is 0 Å². The summed E-state index contributed by atoms with van der Waals surface area (Å²) in [6.45, 7) is 1.98. The summed E-state index contributed by atoms with van der Waals surface area (Å²) < 4.78 is 5.23. The van der Waals surface area contributed by atoms with Crippen LogP contribution in [0.25, 0.3) is 0 Å². The predicted molar refractivity (Wildman–Crippen MR) is 56.2 cm³/mol. The molecule has 0 spiro atoms. The predicted octanol–water partition coefficient (Wildman–Crippen LogP) is 2.29. The third-order valence-corrected chi connectivity index (χ3v) is 2.96. The van der Waals surface area contributed by atoms with Gasteiger partial charge >= 0.3 is 0 Å². The zero-order valence-corrected chi connectivity index (χ0v) is 8.75. The Balaban J connectivity index is 2.05. The molecule has 4 heteroatoms. The summed E-state index contributed by atoms with van der Waals surface area (Å²) in [6.07, 6.45) is 2.38. The molecule has 0 saturated heterocycles. The normalized spacial score (nSPS) is 13.0. The molecular weight excluding hydrogens is 196 g/mol. The van der Waals surface area contributed by atoms with Crippen molar-refractivity contribution in [2.75, 3.05) is 0 Å². The SMILES string of the molecule is Cc1csc(CC(N)c2ccco2)n1. The van der Waals surface area contributed by atoms with Gasteiger partial charge in [-0.05, 0) is 19.1 Å². The zero-order chi connectivity index (χ0) is 9.97. The van der Waals surface area contributed by atoms with Gasteiger partial charge in [-0.15, -0.1) is 11.3 Å². The van der Waals surface area contributed by atoms with Gasteiger partial charge in [0.15, 0.2) is 0 Å². The molecule has 0 bridgehead atoms. The number of thiazole rings is 1. The Hall–Kier alpha value is -1.13. The monoisotopic (exact) mass is 208 g/mol. The Labute approximate surface area is 86.6 Å². The summed E-state index contributed by atoms with van der Waals surface area (Å²) >= 11 is 1.64. The molecule has 0 radical (unpaired) electrons. The average molecular weight is 208 g/mol. The van der Waals surface area contributed by atoms with Crippen LogP contribution in [0, 0.1) is 6.92 Å². The molecule has 2 aromatic heterocycles. The van der Waals surface area contributed by atoms with Crippen molar-refractivity contribution < 1.29 is 4.42 Å². The Morgan fingerprint density at radius 1 is 1.64 bits per heavy atom. The number of nitrogens with two attached hydrogens (primary N) is 1. The molecule has 0 amide bonds. The van der Waals surface area contributed by atoms with Crippen molar-refractivity contribution in [1.82, 2.24) is 4.98 Å². The molecule has 0 saturated carbocycles. The molecule has 14 heavy (non-hydrogen) atoms. The largest absolute Gasteiger partial charge is 0.468 e. The quantitative estimate of drug-likeness (QED) is 0.842. The van der Waals surface area contributed by atoms with Gasteiger partial charge in [0.25, 0.3) is 0 Å². The maximum atomic E-state index is 5.95. The van der Waals surface area contributed by atoms with Crippen LogP contribution in [0.5, 0.6) is 0 Å². The number of nitrogens with zero attached hydrogens (tertiary/aromatic N) is 1. The highest BCUT2D eigenvalue weighted by atomic mass is 32.1. The van der Waals surface area contributed by atoms with Gasteiger partial charge in [0.2, 0.25) is 0 Å². The van der Waals surface area contributed by atoms with E-state index >= 15 is 0 Å². The number of aromatic nitrogens is 1. The molecule has 2 heterocycles. The summed E-state index contributed by atoms with van der Waals surface area (Å²) in [6, 6.07) is 3.66. The van der Waals surface area contributed by atoms with E-state index in [1.165, 1.54) is 0 Å². The molecule has 1 atom stereocenters. The van der Waals surface area contributed by atoms with Crippen molar-refractivity contribution in [2.45, 2.75) is 19.4 Å². The second-order valence-corrected chi connectivity index (χ2v) is 4.15. The number of furan rings is 1. The molecule has 0 aliphatic rings. The molecule has 3 nitrogen and oxygen atoms in total. The van der Waals surface area contributed by atoms with E-state index in [9.17, 15) is 0 Å². The Morgan fingerprint density at radius 3 is 3.07 bits per heavy atom. The van der Waals surface area contributed by atoms with Crippen LogP contribution in [-0.2, 0) is 6.42 Å². The van der Waals surface area contributed by atoms with E-state index in [-0.39, 0.29) is 6.04 Å². The topological polar surface area (TPSA) is 52.0 Å². The van der Waals surface area contributed by atoms with Crippen molar-refractivity contribution >= 4 is 11.3 Å². The van der Waals surface area contributed by atoms with Gasteiger partial charge < -0.3 is 10.2 Å². The van der Waals surface area contributed by atoms with Crippen molar-refractivity contribution in [3.05, 3.63) is 40.2 Å². The molecule has 0 aliphatic heterocycles. The maximum Gasteiger partial charge on any atom is 0.120 e. The third-order valence-electron chi connectivity index (χ3n) is 1.97. The van der Waals surface area contributed by atoms with Gasteiger partial charge in [-0.25, -0.2) is 4.98 Å². The minimum Gasteiger partial charge on any atom is -0.468 e. The van der Waals surface area contributed by atoms with Gasteiger partial charge in [0.1, 0.15) is 5.76 Å². The van der Waals surface area contributed by atoms with E-state index in [4.69, 9.17) is 10.2 Å². The average Bonchev–Trinajstić information content (AvgIpc) is 2.75. The fourth-order valence-electron chi connectivity index (χ4n) is 1.29. The summed E-state index contributed by atoms with van der Waals surface area (Å²) in [7, 11) is 0. The number of rotatable bonds is 3. The molecule has 0 aromatic carbocycles. The second kappa shape index (κ2) is 3.94. The first kappa shape index (κ1) is 9.43. The molecule has 2 rings (SSSR count). The fraction of sp³-hybridized carbons (Fsp3) is 0.300. The molecule has 0 fully saturated rings. The van der Waals surface area contributed by atoms with Crippen molar-refractivity contribution in [3.63, 3.8) is 0 Å². The van der Waals surface area contributed by atoms with Crippen LogP contribution in [0.15, 0.2) is 28.2 Å². The van der Waals surface area contributed by atoms with E-state index in [0.717, 1.165) is 22.9 Å². The molecule has 2 N–H and O–H groups in total. The first-order valence-corrected chi connectivity index (χ1v) is 5.33. The second-order valence-electron chi connectivity index (χ2n) is 3.21. The van der Waals surface area contributed by atoms with Gasteiger partial charge in [-0.2, -0.15) is 0 Å². The standard InChI is InChI=1S/C10H12N2OS/c1-7-6-14-10(12-7)5-8(11)9-3-2-4-13-9/h2-4,6,8H,5,11H2,1H3. The number of aryl methyl sites for hydroxylation is 1. The van der Waals surface area contributed by atoms with E-state index in [2.05, 4.69) is 4.98 Å². The zero-order valence-electron chi connectivity index (χ0n) is 7.93. The highest BCUT2D eigenvalue weighted by Gasteiger charge is 2.11.